The normalized spacial score (nSPS) is 19.9. The van der Waals surface area contributed by atoms with E-state index in [2.05, 4.69) is 0 Å². The first-order valence-corrected chi connectivity index (χ1v) is 12.1. The van der Waals surface area contributed by atoms with Crippen molar-refractivity contribution in [3.05, 3.63) is 0 Å². The van der Waals surface area contributed by atoms with Crippen LogP contribution in [-0.2, 0) is 23.8 Å². The fraction of sp³-hybridized carbons (Fsp3) is 0.917. The molecule has 34 heavy (non-hydrogen) atoms. The third-order valence-electron chi connectivity index (χ3n) is 6.24. The zero-order valence-electron chi connectivity index (χ0n) is 21.4. The Bertz CT molecular complexity index is 568. The largest absolute Gasteiger partial charge is 0.462 e. The van der Waals surface area contributed by atoms with E-state index in [0.29, 0.717) is 12.8 Å². The molecule has 0 aliphatic heterocycles. The molecule has 5 N–H and O–H groups in total. The van der Waals surface area contributed by atoms with Gasteiger partial charge < -0.3 is 39.7 Å². The maximum atomic E-state index is 12.5. The smallest absolute Gasteiger partial charge is 0.308 e. The van der Waals surface area contributed by atoms with Crippen molar-refractivity contribution in [2.24, 2.45) is 11.8 Å². The highest BCUT2D eigenvalue weighted by Gasteiger charge is 2.32. The van der Waals surface area contributed by atoms with Gasteiger partial charge in [-0.15, -0.1) is 0 Å². The summed E-state index contributed by atoms with van der Waals surface area (Å²) in [5.74, 6) is -0.958. The first-order chi connectivity index (χ1) is 15.9. The van der Waals surface area contributed by atoms with Crippen LogP contribution in [0.5, 0.6) is 0 Å². The number of methoxy groups -OCH3 is 1. The third kappa shape index (κ3) is 12.5. The molecule has 0 aromatic carbocycles. The number of esters is 1. The van der Waals surface area contributed by atoms with Gasteiger partial charge in [-0.05, 0) is 18.8 Å². The van der Waals surface area contributed by atoms with Gasteiger partial charge in [0.15, 0.2) is 6.29 Å². The van der Waals surface area contributed by atoms with E-state index in [9.17, 15) is 35.1 Å². The molecule has 0 bridgehead atoms. The van der Waals surface area contributed by atoms with Crippen LogP contribution < -0.4 is 0 Å². The number of hydrogen-bond donors (Lipinski definition) is 5. The molecule has 0 fully saturated rings. The molecule has 0 saturated heterocycles. The lowest BCUT2D eigenvalue weighted by Crippen LogP contribution is -2.45. The predicted molar refractivity (Wildman–Crippen MR) is 125 cm³/mol. The summed E-state index contributed by atoms with van der Waals surface area (Å²) in [5, 5.41) is 50.2. The monoisotopic (exact) mass is 494 g/mol. The number of hydrogen-bond acceptors (Lipinski definition) is 10. The average molecular weight is 495 g/mol. The molecule has 10 nitrogen and oxygen atoms in total. The van der Waals surface area contributed by atoms with Crippen LogP contribution >= 0.6 is 0 Å². The summed E-state index contributed by atoms with van der Waals surface area (Å²) < 4.78 is 16.0. The highest BCUT2D eigenvalue weighted by atomic mass is 16.6. The molecule has 0 aromatic heterocycles. The minimum absolute atomic E-state index is 0.00558. The summed E-state index contributed by atoms with van der Waals surface area (Å²) in [6, 6.07) is 0. The number of ether oxygens (including phenoxy) is 3. The molecule has 0 amide bonds. The van der Waals surface area contributed by atoms with Crippen LogP contribution in [0.2, 0.25) is 0 Å². The van der Waals surface area contributed by atoms with Crippen molar-refractivity contribution in [2.75, 3.05) is 13.7 Å². The molecule has 0 spiro atoms. The summed E-state index contributed by atoms with van der Waals surface area (Å²) in [6.07, 6.45) is -6.37. The first-order valence-electron chi connectivity index (χ1n) is 12.1. The molecule has 1 unspecified atom stereocenters. The van der Waals surface area contributed by atoms with Gasteiger partial charge in [-0.2, -0.15) is 0 Å². The number of aliphatic hydroxyl groups is 5. The molecule has 0 saturated carbocycles. The quantitative estimate of drug-likeness (QED) is 0.129. The summed E-state index contributed by atoms with van der Waals surface area (Å²) in [6.45, 7) is 8.43. The van der Waals surface area contributed by atoms with Gasteiger partial charge in [0.25, 0.3) is 0 Å². The van der Waals surface area contributed by atoms with E-state index >= 15 is 0 Å². The maximum absolute atomic E-state index is 12.5. The van der Waals surface area contributed by atoms with Crippen LogP contribution in [0.15, 0.2) is 0 Å². The lowest BCUT2D eigenvalue weighted by molar-refractivity contribution is -0.227. The second-order valence-electron chi connectivity index (χ2n) is 9.20. The van der Waals surface area contributed by atoms with E-state index in [0.717, 1.165) is 0 Å². The minimum atomic E-state index is -1.66. The van der Waals surface area contributed by atoms with Crippen molar-refractivity contribution in [2.45, 2.75) is 116 Å². The van der Waals surface area contributed by atoms with Crippen LogP contribution in [0.1, 0.15) is 73.1 Å². The Balaban J connectivity index is 5.06. The molecule has 202 valence electrons. The van der Waals surface area contributed by atoms with Gasteiger partial charge in [0, 0.05) is 26.4 Å². The fourth-order valence-corrected chi connectivity index (χ4v) is 3.55. The van der Waals surface area contributed by atoms with Crippen molar-refractivity contribution < 1.29 is 49.3 Å². The van der Waals surface area contributed by atoms with Crippen LogP contribution in [0.25, 0.3) is 0 Å². The van der Waals surface area contributed by atoms with Crippen LogP contribution in [0, 0.1) is 11.8 Å². The molecular weight excluding hydrogens is 448 g/mol. The summed E-state index contributed by atoms with van der Waals surface area (Å²) in [7, 11) is 1.28. The highest BCUT2D eigenvalue weighted by molar-refractivity contribution is 5.76. The SMILES string of the molecule is CC[C@@H](C)[C@H](CC(O)CC(C)=O)OC(=O)C[C@@H](O)C[C@H](O[C@H](O)[C@@H](O)[C@H](CO)OC)[C@H](C)CC. The standard InChI is InChI=1S/C24H46O10/c1-7-14(3)19(10-17(27)9-16(5)26)33-22(29)12-18(28)11-20(15(4)8-2)34-24(31)23(30)21(13-25)32-6/h14-15,17-21,23-25,27-28,30-31H,7-13H2,1-6H3/t14-,15-,17?,18+,19+,20+,21+,23+,24+/m1/s1. The lowest BCUT2D eigenvalue weighted by atomic mass is 9.94. The summed E-state index contributed by atoms with van der Waals surface area (Å²) >= 11 is 0. The van der Waals surface area contributed by atoms with Gasteiger partial charge in [-0.1, -0.05) is 40.5 Å². The minimum Gasteiger partial charge on any atom is -0.462 e. The summed E-state index contributed by atoms with van der Waals surface area (Å²) in [4.78, 5) is 23.8. The van der Waals surface area contributed by atoms with Crippen molar-refractivity contribution in [1.82, 2.24) is 0 Å². The van der Waals surface area contributed by atoms with Gasteiger partial charge in [0.2, 0.25) is 0 Å². The molecule has 0 radical (unpaired) electrons. The topological polar surface area (TPSA) is 163 Å². The van der Waals surface area contributed by atoms with E-state index in [-0.39, 0.29) is 43.3 Å². The molecule has 9 atom stereocenters. The average Bonchev–Trinajstić information content (AvgIpc) is 2.76. The first kappa shape index (κ1) is 32.9. The maximum Gasteiger partial charge on any atom is 0.308 e. The molecule has 10 heteroatoms. The van der Waals surface area contributed by atoms with Gasteiger partial charge in [0.1, 0.15) is 24.1 Å². The number of carbonyl (C=O) groups is 2. The van der Waals surface area contributed by atoms with Crippen LogP contribution in [0.4, 0.5) is 0 Å². The zero-order chi connectivity index (χ0) is 26.4. The second kappa shape index (κ2) is 17.3. The zero-order valence-corrected chi connectivity index (χ0v) is 21.4. The van der Waals surface area contributed by atoms with Crippen molar-refractivity contribution >= 4 is 11.8 Å². The van der Waals surface area contributed by atoms with E-state index < -0.39 is 55.5 Å². The number of carbonyl (C=O) groups excluding carboxylic acids is 2. The Morgan fingerprint density at radius 3 is 1.79 bits per heavy atom. The van der Waals surface area contributed by atoms with Crippen molar-refractivity contribution in [3.63, 3.8) is 0 Å². The molecule has 0 aliphatic rings. The highest BCUT2D eigenvalue weighted by Crippen LogP contribution is 2.23. The van der Waals surface area contributed by atoms with Crippen molar-refractivity contribution in [3.8, 4) is 0 Å². The number of ketones is 1. The van der Waals surface area contributed by atoms with Crippen molar-refractivity contribution in [1.29, 1.82) is 0 Å². The van der Waals surface area contributed by atoms with E-state index in [4.69, 9.17) is 14.2 Å². The number of aliphatic hydroxyl groups excluding tert-OH is 5. The van der Waals surface area contributed by atoms with Gasteiger partial charge in [0.05, 0.1) is 31.3 Å². The molecule has 0 heterocycles. The molecule has 0 aliphatic carbocycles. The van der Waals surface area contributed by atoms with Gasteiger partial charge in [-0.3, -0.25) is 9.59 Å². The van der Waals surface area contributed by atoms with Gasteiger partial charge >= 0.3 is 5.97 Å². The van der Waals surface area contributed by atoms with Crippen LogP contribution in [-0.4, -0.2) is 93.9 Å². The second-order valence-corrected chi connectivity index (χ2v) is 9.20. The van der Waals surface area contributed by atoms with Gasteiger partial charge in [-0.25, -0.2) is 0 Å². The van der Waals surface area contributed by atoms with E-state index in [1.165, 1.54) is 14.0 Å². The van der Waals surface area contributed by atoms with E-state index in [1.807, 2.05) is 27.7 Å². The third-order valence-corrected chi connectivity index (χ3v) is 6.24. The number of Topliss-reactive ketones (excluding diaryl/α,β-unsaturated/α-hetero) is 1. The Morgan fingerprint density at radius 1 is 0.824 bits per heavy atom. The summed E-state index contributed by atoms with van der Waals surface area (Å²) in [5.41, 5.74) is 0. The number of rotatable bonds is 19. The molecule has 0 aromatic rings. The fourth-order valence-electron chi connectivity index (χ4n) is 3.55. The Morgan fingerprint density at radius 2 is 1.32 bits per heavy atom. The Hall–Kier alpha value is -1.14. The Kier molecular flexibility index (Phi) is 16.7. The predicted octanol–water partition coefficient (Wildman–Crippen LogP) is 0.933. The van der Waals surface area contributed by atoms with E-state index in [1.54, 1.807) is 0 Å². The Labute approximate surface area is 203 Å². The lowest BCUT2D eigenvalue weighted by Gasteiger charge is -2.31. The molecular formula is C24H46O10. The van der Waals surface area contributed by atoms with Crippen LogP contribution in [0.3, 0.4) is 0 Å². The molecule has 0 rings (SSSR count).